The van der Waals surface area contributed by atoms with E-state index in [1.54, 1.807) is 6.92 Å². The van der Waals surface area contributed by atoms with Gasteiger partial charge < -0.3 is 9.47 Å². The van der Waals surface area contributed by atoms with Crippen LogP contribution in [-0.2, 0) is 9.53 Å². The Kier molecular flexibility index (Phi) is 5.32. The van der Waals surface area contributed by atoms with Gasteiger partial charge in [-0.2, -0.15) is 0 Å². The summed E-state index contributed by atoms with van der Waals surface area (Å²) in [6.45, 7) is 4.05. The molecule has 88 valence electrons. The van der Waals surface area contributed by atoms with Gasteiger partial charge in [0.15, 0.2) is 6.10 Å². The number of carbonyl (C=O) groups is 1. The third-order valence-corrected chi connectivity index (χ3v) is 2.54. The Labute approximate surface area is 104 Å². The number of ether oxygens (including phenoxy) is 2. The summed E-state index contributed by atoms with van der Waals surface area (Å²) in [6, 6.07) is 7.36. The van der Waals surface area contributed by atoms with Gasteiger partial charge in [-0.1, -0.05) is 22.9 Å². The molecule has 0 saturated carbocycles. The maximum absolute atomic E-state index is 11.5. The van der Waals surface area contributed by atoms with Gasteiger partial charge in [0.25, 0.3) is 0 Å². The van der Waals surface area contributed by atoms with Crippen LogP contribution in [0.5, 0.6) is 5.75 Å². The number of halogens is 1. The predicted octanol–water partition coefficient (Wildman–Crippen LogP) is 3.17. The summed E-state index contributed by atoms with van der Waals surface area (Å²) in [4.78, 5) is 11.5. The van der Waals surface area contributed by atoms with Crippen LogP contribution in [0.2, 0.25) is 0 Å². The third kappa shape index (κ3) is 3.85. The fraction of sp³-hybridized carbons (Fsp3) is 0.417. The van der Waals surface area contributed by atoms with Crippen molar-refractivity contribution >= 4 is 21.9 Å². The van der Waals surface area contributed by atoms with Crippen molar-refractivity contribution < 1.29 is 14.3 Å². The van der Waals surface area contributed by atoms with E-state index in [1.807, 2.05) is 31.2 Å². The van der Waals surface area contributed by atoms with Crippen LogP contribution < -0.4 is 4.74 Å². The lowest BCUT2D eigenvalue weighted by atomic mass is 10.2. The molecule has 0 spiro atoms. The van der Waals surface area contributed by atoms with Crippen LogP contribution in [0.4, 0.5) is 0 Å². The quantitative estimate of drug-likeness (QED) is 0.780. The lowest BCUT2D eigenvalue weighted by Gasteiger charge is -2.15. The summed E-state index contributed by atoms with van der Waals surface area (Å²) in [5.74, 6) is 0.357. The minimum atomic E-state index is -0.527. The average molecular weight is 287 g/mol. The molecule has 0 aliphatic rings. The van der Waals surface area contributed by atoms with Crippen LogP contribution in [0.1, 0.15) is 20.3 Å². The number of rotatable bonds is 5. The monoisotopic (exact) mass is 286 g/mol. The Morgan fingerprint density at radius 3 is 2.44 bits per heavy atom. The van der Waals surface area contributed by atoms with Crippen LogP contribution in [0.3, 0.4) is 0 Å². The topological polar surface area (TPSA) is 35.5 Å². The Bertz CT molecular complexity index is 335. The summed E-state index contributed by atoms with van der Waals surface area (Å²) in [5, 5.41) is 0. The second-order valence-corrected chi connectivity index (χ2v) is 4.14. The predicted molar refractivity (Wildman–Crippen MR) is 65.5 cm³/mol. The fourth-order valence-corrected chi connectivity index (χ4v) is 1.48. The maximum Gasteiger partial charge on any atom is 0.347 e. The highest BCUT2D eigenvalue weighted by Crippen LogP contribution is 2.18. The zero-order valence-corrected chi connectivity index (χ0v) is 11.0. The molecule has 4 heteroatoms. The molecule has 0 amide bonds. The lowest BCUT2D eigenvalue weighted by molar-refractivity contribution is -0.151. The Morgan fingerprint density at radius 2 is 1.94 bits per heavy atom. The first-order chi connectivity index (χ1) is 7.67. The molecule has 1 rings (SSSR count). The second-order valence-electron chi connectivity index (χ2n) is 3.22. The highest BCUT2D eigenvalue weighted by molar-refractivity contribution is 9.10. The molecule has 3 nitrogen and oxygen atoms in total. The molecule has 0 aliphatic heterocycles. The molecule has 0 N–H and O–H groups in total. The first kappa shape index (κ1) is 13.0. The molecule has 16 heavy (non-hydrogen) atoms. The van der Waals surface area contributed by atoms with Crippen molar-refractivity contribution in [2.75, 3.05) is 6.61 Å². The lowest BCUT2D eigenvalue weighted by Crippen LogP contribution is -2.28. The molecule has 0 heterocycles. The summed E-state index contributed by atoms with van der Waals surface area (Å²) >= 11 is 3.34. The number of carbonyl (C=O) groups excluding carboxylic acids is 1. The molecule has 1 aromatic carbocycles. The van der Waals surface area contributed by atoms with Crippen LogP contribution in [0.15, 0.2) is 28.7 Å². The summed E-state index contributed by atoms with van der Waals surface area (Å²) in [7, 11) is 0. The van der Waals surface area contributed by atoms with Gasteiger partial charge in [0.1, 0.15) is 5.75 Å². The van der Waals surface area contributed by atoms with Crippen LogP contribution in [0, 0.1) is 0 Å². The largest absolute Gasteiger partial charge is 0.479 e. The Balaban J connectivity index is 2.62. The van der Waals surface area contributed by atoms with Crippen molar-refractivity contribution in [3.05, 3.63) is 28.7 Å². The minimum Gasteiger partial charge on any atom is -0.479 e. The van der Waals surface area contributed by atoms with E-state index in [0.717, 1.165) is 4.47 Å². The van der Waals surface area contributed by atoms with E-state index < -0.39 is 6.10 Å². The third-order valence-electron chi connectivity index (χ3n) is 2.01. The van der Waals surface area contributed by atoms with Crippen molar-refractivity contribution in [2.24, 2.45) is 0 Å². The highest BCUT2D eigenvalue weighted by Gasteiger charge is 2.19. The van der Waals surface area contributed by atoms with Crippen molar-refractivity contribution in [1.29, 1.82) is 0 Å². The zero-order valence-electron chi connectivity index (χ0n) is 9.40. The molecular formula is C12H15BrO3. The van der Waals surface area contributed by atoms with E-state index in [-0.39, 0.29) is 5.97 Å². The van der Waals surface area contributed by atoms with E-state index in [4.69, 9.17) is 9.47 Å². The van der Waals surface area contributed by atoms with E-state index in [1.165, 1.54) is 0 Å². The van der Waals surface area contributed by atoms with E-state index >= 15 is 0 Å². The summed E-state index contributed by atoms with van der Waals surface area (Å²) < 4.78 is 11.4. The molecule has 1 aromatic rings. The van der Waals surface area contributed by atoms with Crippen LogP contribution in [-0.4, -0.2) is 18.7 Å². The van der Waals surface area contributed by atoms with Crippen molar-refractivity contribution in [2.45, 2.75) is 26.4 Å². The Morgan fingerprint density at radius 1 is 1.31 bits per heavy atom. The van der Waals surface area contributed by atoms with E-state index in [9.17, 15) is 4.79 Å². The highest BCUT2D eigenvalue weighted by atomic mass is 79.9. The summed E-state index contributed by atoms with van der Waals surface area (Å²) in [6.07, 6.45) is 0.0654. The normalized spacial score (nSPS) is 11.9. The molecule has 0 saturated heterocycles. The standard InChI is InChI=1S/C12H15BrO3/c1-3-11(12(14)15-4-2)16-10-7-5-9(13)6-8-10/h5-8,11H,3-4H2,1-2H3. The first-order valence-electron chi connectivity index (χ1n) is 5.26. The van der Waals surface area contributed by atoms with Gasteiger partial charge in [-0.3, -0.25) is 0 Å². The number of hydrogen-bond acceptors (Lipinski definition) is 3. The van der Waals surface area contributed by atoms with Gasteiger partial charge in [0.05, 0.1) is 6.61 Å². The van der Waals surface area contributed by atoms with Crippen molar-refractivity contribution in [1.82, 2.24) is 0 Å². The number of benzene rings is 1. The molecular weight excluding hydrogens is 272 g/mol. The van der Waals surface area contributed by atoms with Gasteiger partial charge in [-0.15, -0.1) is 0 Å². The van der Waals surface area contributed by atoms with E-state index in [2.05, 4.69) is 15.9 Å². The molecule has 1 unspecified atom stereocenters. The summed E-state index contributed by atoms with van der Waals surface area (Å²) in [5.41, 5.74) is 0. The zero-order chi connectivity index (χ0) is 12.0. The number of esters is 1. The van der Waals surface area contributed by atoms with Gasteiger partial charge in [-0.25, -0.2) is 4.79 Å². The average Bonchev–Trinajstić information content (AvgIpc) is 2.28. The van der Waals surface area contributed by atoms with Gasteiger partial charge in [0.2, 0.25) is 0 Å². The molecule has 0 radical (unpaired) electrons. The van der Waals surface area contributed by atoms with Crippen molar-refractivity contribution in [3.8, 4) is 5.75 Å². The van der Waals surface area contributed by atoms with Gasteiger partial charge in [-0.05, 0) is 37.6 Å². The smallest absolute Gasteiger partial charge is 0.347 e. The van der Waals surface area contributed by atoms with Crippen LogP contribution in [0.25, 0.3) is 0 Å². The molecule has 0 aromatic heterocycles. The molecule has 0 bridgehead atoms. The maximum atomic E-state index is 11.5. The van der Waals surface area contributed by atoms with E-state index in [0.29, 0.717) is 18.8 Å². The first-order valence-corrected chi connectivity index (χ1v) is 6.05. The number of hydrogen-bond donors (Lipinski definition) is 0. The van der Waals surface area contributed by atoms with Gasteiger partial charge in [0, 0.05) is 4.47 Å². The van der Waals surface area contributed by atoms with Crippen LogP contribution >= 0.6 is 15.9 Å². The minimum absolute atomic E-state index is 0.312. The molecule has 0 fully saturated rings. The fourth-order valence-electron chi connectivity index (χ4n) is 1.21. The molecule has 0 aliphatic carbocycles. The van der Waals surface area contributed by atoms with Crippen molar-refractivity contribution in [3.63, 3.8) is 0 Å². The molecule has 1 atom stereocenters. The SMILES string of the molecule is CCOC(=O)C(CC)Oc1ccc(Br)cc1. The van der Waals surface area contributed by atoms with Gasteiger partial charge >= 0.3 is 5.97 Å². The second kappa shape index (κ2) is 6.53. The Hall–Kier alpha value is -1.03.